The van der Waals surface area contributed by atoms with Crippen LogP contribution in [0.4, 0.5) is 0 Å². The maximum absolute atomic E-state index is 12.2. The average Bonchev–Trinajstić information content (AvgIpc) is 3.12. The normalized spacial score (nSPS) is 16.1. The van der Waals surface area contributed by atoms with E-state index >= 15 is 0 Å². The molecule has 0 saturated heterocycles. The second-order valence-corrected chi connectivity index (χ2v) is 5.95. The van der Waals surface area contributed by atoms with Gasteiger partial charge < -0.3 is 4.74 Å². The third kappa shape index (κ3) is 3.82. The molecule has 1 aromatic carbocycles. The van der Waals surface area contributed by atoms with Crippen molar-refractivity contribution in [1.29, 1.82) is 0 Å². The first-order valence-corrected chi connectivity index (χ1v) is 7.14. The summed E-state index contributed by atoms with van der Waals surface area (Å²) < 4.78 is 5.51. The molecule has 0 heterocycles. The Hall–Kier alpha value is -1.31. The number of hydrogen-bond acceptors (Lipinski definition) is 2. The minimum Gasteiger partial charge on any atom is -0.459 e. The lowest BCUT2D eigenvalue weighted by molar-refractivity contribution is -0.158. The Balaban J connectivity index is 0.000000861. The van der Waals surface area contributed by atoms with E-state index in [0.717, 1.165) is 18.4 Å². The van der Waals surface area contributed by atoms with E-state index in [2.05, 4.69) is 19.1 Å². The van der Waals surface area contributed by atoms with Crippen LogP contribution in [-0.4, -0.2) is 11.6 Å². The maximum atomic E-state index is 12.2. The molecule has 2 heteroatoms. The molecule has 0 atom stereocenters. The van der Waals surface area contributed by atoms with Crippen LogP contribution in [0.2, 0.25) is 0 Å². The predicted molar refractivity (Wildman–Crippen MR) is 79.3 cm³/mol. The van der Waals surface area contributed by atoms with E-state index in [1.807, 2.05) is 46.8 Å². The standard InChI is InChI=1S/C15H20O2.C2H6/c1-11-5-7-12(8-6-11)15(9-10-15)13(16)17-14(2,3)4;1-2/h5-8H,9-10H2,1-4H3;1-2H3. The molecule has 2 rings (SSSR count). The molecule has 0 aromatic heterocycles. The van der Waals surface area contributed by atoms with Crippen molar-refractivity contribution < 1.29 is 9.53 Å². The van der Waals surface area contributed by atoms with Crippen LogP contribution in [-0.2, 0) is 14.9 Å². The summed E-state index contributed by atoms with van der Waals surface area (Å²) in [7, 11) is 0. The van der Waals surface area contributed by atoms with Crippen molar-refractivity contribution in [1.82, 2.24) is 0 Å². The summed E-state index contributed by atoms with van der Waals surface area (Å²) in [4.78, 5) is 12.2. The number of esters is 1. The first kappa shape index (κ1) is 15.7. The van der Waals surface area contributed by atoms with Gasteiger partial charge in [0.25, 0.3) is 0 Å². The smallest absolute Gasteiger partial charge is 0.317 e. The Kier molecular flexibility index (Phi) is 4.78. The highest BCUT2D eigenvalue weighted by Gasteiger charge is 2.53. The molecule has 19 heavy (non-hydrogen) atoms. The first-order chi connectivity index (χ1) is 8.83. The van der Waals surface area contributed by atoms with Gasteiger partial charge in [-0.1, -0.05) is 43.7 Å². The van der Waals surface area contributed by atoms with Crippen LogP contribution in [0.25, 0.3) is 0 Å². The molecule has 0 N–H and O–H groups in total. The molecule has 1 fully saturated rings. The van der Waals surface area contributed by atoms with Gasteiger partial charge in [-0.05, 0) is 46.1 Å². The number of carbonyl (C=O) groups excluding carboxylic acids is 1. The zero-order valence-corrected chi connectivity index (χ0v) is 13.0. The monoisotopic (exact) mass is 262 g/mol. The molecule has 0 unspecified atom stereocenters. The fourth-order valence-corrected chi connectivity index (χ4v) is 1.98. The van der Waals surface area contributed by atoms with Crippen molar-refractivity contribution in [2.75, 3.05) is 0 Å². The number of rotatable bonds is 2. The van der Waals surface area contributed by atoms with Gasteiger partial charge in [0.2, 0.25) is 0 Å². The summed E-state index contributed by atoms with van der Waals surface area (Å²) in [5.74, 6) is -0.0751. The highest BCUT2D eigenvalue weighted by Crippen LogP contribution is 2.49. The van der Waals surface area contributed by atoms with E-state index in [9.17, 15) is 4.79 Å². The molecule has 1 saturated carbocycles. The van der Waals surface area contributed by atoms with Gasteiger partial charge >= 0.3 is 5.97 Å². The van der Waals surface area contributed by atoms with Crippen LogP contribution in [0.3, 0.4) is 0 Å². The predicted octanol–water partition coefficient (Wildman–Crippen LogP) is 4.39. The molecule has 0 radical (unpaired) electrons. The summed E-state index contributed by atoms with van der Waals surface area (Å²) in [6.07, 6.45) is 1.82. The van der Waals surface area contributed by atoms with Crippen LogP contribution < -0.4 is 0 Å². The number of ether oxygens (including phenoxy) is 1. The molecule has 106 valence electrons. The van der Waals surface area contributed by atoms with Gasteiger partial charge in [0, 0.05) is 0 Å². The number of benzene rings is 1. The van der Waals surface area contributed by atoms with Crippen molar-refractivity contribution >= 4 is 5.97 Å². The quantitative estimate of drug-likeness (QED) is 0.739. The van der Waals surface area contributed by atoms with Crippen molar-refractivity contribution in [2.45, 2.75) is 65.4 Å². The topological polar surface area (TPSA) is 26.3 Å². The molecule has 0 aliphatic heterocycles. The van der Waals surface area contributed by atoms with E-state index in [0.29, 0.717) is 0 Å². The molecule has 1 aliphatic carbocycles. The molecule has 0 amide bonds. The third-order valence-corrected chi connectivity index (χ3v) is 3.14. The molecule has 1 aliphatic rings. The minimum absolute atomic E-state index is 0.0751. The van der Waals surface area contributed by atoms with E-state index in [1.165, 1.54) is 5.56 Å². The van der Waals surface area contributed by atoms with E-state index in [1.54, 1.807) is 0 Å². The second-order valence-electron chi connectivity index (χ2n) is 5.95. The fourth-order valence-electron chi connectivity index (χ4n) is 1.98. The van der Waals surface area contributed by atoms with Gasteiger partial charge in [-0.15, -0.1) is 0 Å². The van der Waals surface area contributed by atoms with Crippen molar-refractivity contribution in [3.05, 3.63) is 35.4 Å². The summed E-state index contributed by atoms with van der Waals surface area (Å²) in [6, 6.07) is 8.21. The summed E-state index contributed by atoms with van der Waals surface area (Å²) in [6.45, 7) is 11.8. The van der Waals surface area contributed by atoms with Crippen molar-refractivity contribution in [2.24, 2.45) is 0 Å². The van der Waals surface area contributed by atoms with Gasteiger partial charge in [-0.2, -0.15) is 0 Å². The van der Waals surface area contributed by atoms with Crippen LogP contribution in [0.15, 0.2) is 24.3 Å². The highest BCUT2D eigenvalue weighted by molar-refractivity contribution is 5.86. The first-order valence-electron chi connectivity index (χ1n) is 7.14. The lowest BCUT2D eigenvalue weighted by atomic mass is 9.95. The SMILES string of the molecule is CC.Cc1ccc(C2(C(=O)OC(C)(C)C)CC2)cc1. The molecule has 1 aromatic rings. The average molecular weight is 262 g/mol. The van der Waals surface area contributed by atoms with Crippen LogP contribution in [0.5, 0.6) is 0 Å². The Morgan fingerprint density at radius 2 is 1.58 bits per heavy atom. The van der Waals surface area contributed by atoms with Gasteiger partial charge in [-0.3, -0.25) is 4.79 Å². The number of carbonyl (C=O) groups is 1. The number of aryl methyl sites for hydroxylation is 1. The fraction of sp³-hybridized carbons (Fsp3) is 0.588. The number of hydrogen-bond donors (Lipinski definition) is 0. The Labute approximate surface area is 117 Å². The summed E-state index contributed by atoms with van der Waals surface area (Å²) in [5, 5.41) is 0. The molecule has 0 bridgehead atoms. The zero-order chi connectivity index (χ0) is 14.7. The van der Waals surface area contributed by atoms with Crippen LogP contribution in [0, 0.1) is 6.92 Å². The van der Waals surface area contributed by atoms with Gasteiger partial charge in [0.1, 0.15) is 5.60 Å². The van der Waals surface area contributed by atoms with Gasteiger partial charge in [0.05, 0.1) is 5.41 Å². The molecular formula is C17H26O2. The van der Waals surface area contributed by atoms with E-state index < -0.39 is 5.60 Å². The van der Waals surface area contributed by atoms with E-state index in [-0.39, 0.29) is 11.4 Å². The largest absolute Gasteiger partial charge is 0.459 e. The van der Waals surface area contributed by atoms with Crippen LogP contribution >= 0.6 is 0 Å². The van der Waals surface area contributed by atoms with Gasteiger partial charge in [0.15, 0.2) is 0 Å². The molecule has 0 spiro atoms. The van der Waals surface area contributed by atoms with Crippen molar-refractivity contribution in [3.8, 4) is 0 Å². The Morgan fingerprint density at radius 3 is 1.95 bits per heavy atom. The lowest BCUT2D eigenvalue weighted by Gasteiger charge is -2.24. The maximum Gasteiger partial charge on any atom is 0.317 e. The third-order valence-electron chi connectivity index (χ3n) is 3.14. The second kappa shape index (κ2) is 5.77. The zero-order valence-electron chi connectivity index (χ0n) is 13.0. The Morgan fingerprint density at radius 1 is 1.11 bits per heavy atom. The molecule has 2 nitrogen and oxygen atoms in total. The summed E-state index contributed by atoms with van der Waals surface area (Å²) in [5.41, 5.74) is 1.55. The summed E-state index contributed by atoms with van der Waals surface area (Å²) >= 11 is 0. The minimum atomic E-state index is -0.405. The van der Waals surface area contributed by atoms with E-state index in [4.69, 9.17) is 4.74 Å². The lowest BCUT2D eigenvalue weighted by Crippen LogP contribution is -2.31. The Bertz CT molecular complexity index is 420. The highest BCUT2D eigenvalue weighted by atomic mass is 16.6. The van der Waals surface area contributed by atoms with Gasteiger partial charge in [-0.25, -0.2) is 0 Å². The molecular weight excluding hydrogens is 236 g/mol. The van der Waals surface area contributed by atoms with Crippen molar-refractivity contribution in [3.63, 3.8) is 0 Å². The van der Waals surface area contributed by atoms with Crippen LogP contribution in [0.1, 0.15) is 58.6 Å².